The van der Waals surface area contributed by atoms with Crippen LogP contribution in [-0.2, 0) is 9.59 Å². The predicted molar refractivity (Wildman–Crippen MR) is 150 cm³/mol. The fourth-order valence-electron chi connectivity index (χ4n) is 4.50. The van der Waals surface area contributed by atoms with Crippen LogP contribution in [0.5, 0.6) is 5.75 Å². The Balaban J connectivity index is 1.40. The summed E-state index contributed by atoms with van der Waals surface area (Å²) in [5, 5.41) is 2.64. The summed E-state index contributed by atoms with van der Waals surface area (Å²) in [6.07, 6.45) is 1.61. The maximum atomic E-state index is 13.3. The van der Waals surface area contributed by atoms with Gasteiger partial charge >= 0.3 is 0 Å². The monoisotopic (exact) mass is 543 g/mol. The summed E-state index contributed by atoms with van der Waals surface area (Å²) in [7, 11) is 1.54. The van der Waals surface area contributed by atoms with Crippen LogP contribution in [0, 0.1) is 20.8 Å². The molecule has 11 heteroatoms. The maximum Gasteiger partial charge on any atom is 0.294 e. The Labute approximate surface area is 227 Å². The quantitative estimate of drug-likeness (QED) is 0.364. The number of carbonyl (C=O) groups excluding carboxylic acids is 3. The molecule has 1 aliphatic rings. The van der Waals surface area contributed by atoms with Crippen molar-refractivity contribution >= 4 is 51.5 Å². The first kappa shape index (κ1) is 26.0. The van der Waals surface area contributed by atoms with Crippen molar-refractivity contribution in [2.24, 2.45) is 0 Å². The van der Waals surface area contributed by atoms with Crippen molar-refractivity contribution in [2.75, 3.05) is 19.0 Å². The first-order valence-electron chi connectivity index (χ1n) is 12.0. The Kier molecular flexibility index (Phi) is 6.83. The number of amides is 3. The molecule has 1 saturated heterocycles. The Morgan fingerprint density at radius 2 is 1.74 bits per heavy atom. The molecule has 3 heterocycles. The lowest BCUT2D eigenvalue weighted by molar-refractivity contribution is -0.127. The topological polar surface area (TPSA) is 116 Å². The summed E-state index contributed by atoms with van der Waals surface area (Å²) in [4.78, 5) is 57.3. The molecule has 0 radical (unpaired) electrons. The number of aryl methyl sites for hydroxylation is 2. The molecule has 2 aromatic heterocycles. The van der Waals surface area contributed by atoms with Gasteiger partial charge in [-0.25, -0.2) is 4.98 Å². The number of imide groups is 1. The summed E-state index contributed by atoms with van der Waals surface area (Å²) >= 11 is 0.770. The zero-order chi connectivity index (χ0) is 27.8. The lowest BCUT2D eigenvalue weighted by Crippen LogP contribution is -2.36. The third-order valence-electron chi connectivity index (χ3n) is 6.39. The SMILES string of the molecule is COc1ccc(NC(=O)CN2C(=O)SC(=Cc3cc(C)n(-n4c(C)nc5ccccc5c4=O)c3C)C2=O)cc1. The number of rotatable bonds is 6. The van der Waals surface area contributed by atoms with Crippen LogP contribution in [0.3, 0.4) is 0 Å². The van der Waals surface area contributed by atoms with Crippen molar-refractivity contribution in [3.63, 3.8) is 0 Å². The van der Waals surface area contributed by atoms with Crippen LogP contribution in [0.4, 0.5) is 10.5 Å². The van der Waals surface area contributed by atoms with E-state index in [0.717, 1.165) is 22.4 Å². The van der Waals surface area contributed by atoms with E-state index in [1.807, 2.05) is 26.0 Å². The molecule has 1 fully saturated rings. The van der Waals surface area contributed by atoms with E-state index in [2.05, 4.69) is 10.3 Å². The van der Waals surface area contributed by atoms with Gasteiger partial charge in [0.05, 0.1) is 22.9 Å². The van der Waals surface area contributed by atoms with Crippen molar-refractivity contribution in [1.29, 1.82) is 0 Å². The average Bonchev–Trinajstić information content (AvgIpc) is 3.33. The molecule has 0 unspecified atom stereocenters. The van der Waals surface area contributed by atoms with Gasteiger partial charge in [-0.1, -0.05) is 12.1 Å². The second-order valence-corrected chi connectivity index (χ2v) is 9.97. The number of carbonyl (C=O) groups is 3. The highest BCUT2D eigenvalue weighted by atomic mass is 32.2. The number of hydrogen-bond donors (Lipinski definition) is 1. The highest BCUT2D eigenvalue weighted by Crippen LogP contribution is 2.33. The number of fused-ring (bicyclic) bond motifs is 1. The normalized spacial score (nSPS) is 14.5. The summed E-state index contributed by atoms with van der Waals surface area (Å²) in [5.74, 6) is 0.0940. The number of thioether (sulfide) groups is 1. The van der Waals surface area contributed by atoms with Crippen LogP contribution in [0.25, 0.3) is 17.0 Å². The third-order valence-corrected chi connectivity index (χ3v) is 7.29. The number of anilines is 1. The maximum absolute atomic E-state index is 13.3. The molecule has 1 N–H and O–H groups in total. The number of hydrogen-bond acceptors (Lipinski definition) is 7. The second kappa shape index (κ2) is 10.3. The standard InChI is InChI=1S/C28H25N5O5S/c1-16-13-19(17(2)32(16)33-18(3)29-23-8-6-5-7-22(23)26(33)35)14-24-27(36)31(28(37)39-24)15-25(34)30-20-9-11-21(38-4)12-10-20/h5-14H,15H2,1-4H3,(H,30,34). The molecule has 2 aromatic carbocycles. The van der Waals surface area contributed by atoms with E-state index in [-0.39, 0.29) is 10.5 Å². The van der Waals surface area contributed by atoms with Crippen LogP contribution in [-0.4, -0.2) is 49.9 Å². The van der Waals surface area contributed by atoms with Crippen molar-refractivity contribution in [3.05, 3.63) is 92.6 Å². The number of nitrogens with one attached hydrogen (secondary N) is 1. The largest absolute Gasteiger partial charge is 0.497 e. The summed E-state index contributed by atoms with van der Waals surface area (Å²) in [5.41, 5.74) is 3.03. The fourth-order valence-corrected chi connectivity index (χ4v) is 5.33. The molecule has 39 heavy (non-hydrogen) atoms. The van der Waals surface area contributed by atoms with Gasteiger partial charge in [-0.05, 0) is 86.6 Å². The van der Waals surface area contributed by atoms with E-state index < -0.39 is 23.6 Å². The number of benzene rings is 2. The molecule has 3 amide bonds. The molecule has 0 atom stereocenters. The summed E-state index contributed by atoms with van der Waals surface area (Å²) in [6.45, 7) is 5.02. The molecule has 1 aliphatic heterocycles. The van der Waals surface area contributed by atoms with Gasteiger partial charge in [-0.3, -0.25) is 28.8 Å². The van der Waals surface area contributed by atoms with Crippen molar-refractivity contribution in [2.45, 2.75) is 20.8 Å². The molecule has 0 aliphatic carbocycles. The predicted octanol–water partition coefficient (Wildman–Crippen LogP) is 4.12. The van der Waals surface area contributed by atoms with Crippen LogP contribution in [0.1, 0.15) is 22.8 Å². The zero-order valence-corrected chi connectivity index (χ0v) is 22.5. The van der Waals surface area contributed by atoms with Gasteiger partial charge in [0.2, 0.25) is 5.91 Å². The molecule has 0 spiro atoms. The van der Waals surface area contributed by atoms with Gasteiger partial charge in [0, 0.05) is 17.1 Å². The first-order chi connectivity index (χ1) is 18.7. The van der Waals surface area contributed by atoms with Crippen LogP contribution in [0.15, 0.2) is 64.3 Å². The molecule has 10 nitrogen and oxygen atoms in total. The summed E-state index contributed by atoms with van der Waals surface area (Å²) < 4.78 is 8.35. The van der Waals surface area contributed by atoms with Gasteiger partial charge in [-0.2, -0.15) is 4.68 Å². The number of aromatic nitrogens is 3. The molecule has 0 bridgehead atoms. The van der Waals surface area contributed by atoms with E-state index in [0.29, 0.717) is 39.4 Å². The van der Waals surface area contributed by atoms with E-state index in [4.69, 9.17) is 4.74 Å². The lowest BCUT2D eigenvalue weighted by Gasteiger charge is -2.16. The average molecular weight is 544 g/mol. The van der Waals surface area contributed by atoms with Crippen LogP contribution in [0.2, 0.25) is 0 Å². The van der Waals surface area contributed by atoms with Crippen molar-refractivity contribution < 1.29 is 19.1 Å². The van der Waals surface area contributed by atoms with Gasteiger partial charge in [0.1, 0.15) is 18.1 Å². The Hall–Kier alpha value is -4.64. The lowest BCUT2D eigenvalue weighted by atomic mass is 10.2. The van der Waals surface area contributed by atoms with Gasteiger partial charge < -0.3 is 10.1 Å². The highest BCUT2D eigenvalue weighted by Gasteiger charge is 2.36. The van der Waals surface area contributed by atoms with E-state index in [9.17, 15) is 19.2 Å². The third kappa shape index (κ3) is 4.84. The molecule has 0 saturated carbocycles. The summed E-state index contributed by atoms with van der Waals surface area (Å²) in [6, 6.07) is 15.7. The van der Waals surface area contributed by atoms with Gasteiger partial charge in [0.25, 0.3) is 16.7 Å². The Bertz CT molecular complexity index is 1740. The molecular weight excluding hydrogens is 518 g/mol. The number of para-hydroxylation sites is 1. The Morgan fingerprint density at radius 1 is 1.03 bits per heavy atom. The molecule has 4 aromatic rings. The molecule has 198 valence electrons. The number of nitrogens with zero attached hydrogens (tertiary/aromatic N) is 4. The first-order valence-corrected chi connectivity index (χ1v) is 12.9. The smallest absolute Gasteiger partial charge is 0.294 e. The van der Waals surface area contributed by atoms with E-state index >= 15 is 0 Å². The Morgan fingerprint density at radius 3 is 2.46 bits per heavy atom. The minimum Gasteiger partial charge on any atom is -0.497 e. The fraction of sp³-hybridized carbons (Fsp3) is 0.179. The van der Waals surface area contributed by atoms with Crippen LogP contribution < -0.4 is 15.6 Å². The van der Waals surface area contributed by atoms with E-state index in [1.165, 1.54) is 4.68 Å². The van der Waals surface area contributed by atoms with Gasteiger partial charge in [0.15, 0.2) is 0 Å². The van der Waals surface area contributed by atoms with Crippen molar-refractivity contribution in [1.82, 2.24) is 19.2 Å². The number of ether oxygens (including phenoxy) is 1. The van der Waals surface area contributed by atoms with Crippen LogP contribution >= 0.6 is 11.8 Å². The molecular formula is C28H25N5O5S. The zero-order valence-electron chi connectivity index (χ0n) is 21.7. The van der Waals surface area contributed by atoms with E-state index in [1.54, 1.807) is 67.3 Å². The second-order valence-electron chi connectivity index (χ2n) is 8.98. The minimum absolute atomic E-state index is 0.193. The highest BCUT2D eigenvalue weighted by molar-refractivity contribution is 8.18. The van der Waals surface area contributed by atoms with Gasteiger partial charge in [-0.15, -0.1) is 0 Å². The number of methoxy groups -OCH3 is 1. The molecule has 5 rings (SSSR count). The van der Waals surface area contributed by atoms with Crippen molar-refractivity contribution in [3.8, 4) is 5.75 Å². The minimum atomic E-state index is -0.555.